The van der Waals surface area contributed by atoms with Gasteiger partial charge in [-0.3, -0.25) is 0 Å². The van der Waals surface area contributed by atoms with Crippen LogP contribution >= 0.6 is 11.3 Å². The Labute approximate surface area is 290 Å². The minimum atomic E-state index is 0.829. The largest absolute Gasteiger partial charge is 0.456 e. The molecule has 0 amide bonds. The van der Waals surface area contributed by atoms with Gasteiger partial charge in [-0.15, -0.1) is 11.3 Å². The molecule has 0 spiro atoms. The Hall–Kier alpha value is -6.36. The first-order chi connectivity index (χ1) is 24.8. The highest BCUT2D eigenvalue weighted by atomic mass is 32.1. The lowest BCUT2D eigenvalue weighted by Crippen LogP contribution is -2.10. The maximum atomic E-state index is 7.01. The van der Waals surface area contributed by atoms with Crippen LogP contribution in [-0.4, -0.2) is 0 Å². The first-order valence-corrected chi connectivity index (χ1v) is 17.7. The summed E-state index contributed by atoms with van der Waals surface area (Å²) in [6.45, 7) is 0. The number of benzene rings is 8. The number of fused-ring (bicyclic) bond motifs is 11. The number of hydrogen-bond donors (Lipinski definition) is 0. The predicted octanol–water partition coefficient (Wildman–Crippen LogP) is 14.1. The number of nitrogens with zero attached hydrogens (tertiary/aromatic N) is 1. The van der Waals surface area contributed by atoms with E-state index in [9.17, 15) is 0 Å². The van der Waals surface area contributed by atoms with Gasteiger partial charge in [0.25, 0.3) is 0 Å². The van der Waals surface area contributed by atoms with Crippen molar-refractivity contribution in [1.82, 2.24) is 0 Å². The number of para-hydroxylation sites is 2. The van der Waals surface area contributed by atoms with E-state index < -0.39 is 0 Å². The van der Waals surface area contributed by atoms with Gasteiger partial charge in [0.05, 0.1) is 21.5 Å². The summed E-state index contributed by atoms with van der Waals surface area (Å²) < 4.78 is 15.8. The van der Waals surface area contributed by atoms with E-state index in [1.54, 1.807) is 0 Å². The average molecular weight is 658 g/mol. The van der Waals surface area contributed by atoms with Crippen LogP contribution in [0, 0.1) is 0 Å². The average Bonchev–Trinajstić information content (AvgIpc) is 3.86. The van der Waals surface area contributed by atoms with Crippen LogP contribution in [0.3, 0.4) is 0 Å². The fourth-order valence-corrected chi connectivity index (χ4v) is 8.95. The van der Waals surface area contributed by atoms with Crippen LogP contribution in [0.1, 0.15) is 0 Å². The van der Waals surface area contributed by atoms with Gasteiger partial charge in [0.15, 0.2) is 5.58 Å². The van der Waals surface area contributed by atoms with Crippen molar-refractivity contribution in [2.24, 2.45) is 0 Å². The van der Waals surface area contributed by atoms with Gasteiger partial charge < -0.3 is 13.7 Å². The molecule has 0 unspecified atom stereocenters. The molecule has 0 N–H and O–H groups in total. The summed E-state index contributed by atoms with van der Waals surface area (Å²) >= 11 is 1.85. The van der Waals surface area contributed by atoms with E-state index in [0.717, 1.165) is 60.9 Å². The molecule has 50 heavy (non-hydrogen) atoms. The summed E-state index contributed by atoms with van der Waals surface area (Å²) in [6, 6.07) is 58.3. The first kappa shape index (κ1) is 27.6. The molecule has 0 atom stereocenters. The minimum Gasteiger partial charge on any atom is -0.456 e. The van der Waals surface area contributed by atoms with Crippen molar-refractivity contribution in [1.29, 1.82) is 0 Å². The summed E-state index contributed by atoms with van der Waals surface area (Å²) in [5.41, 5.74) is 8.92. The van der Waals surface area contributed by atoms with Gasteiger partial charge in [-0.25, -0.2) is 0 Å². The summed E-state index contributed by atoms with van der Waals surface area (Å²) in [7, 11) is 0. The van der Waals surface area contributed by atoms with E-state index >= 15 is 0 Å². The molecular weight excluding hydrogens is 631 g/mol. The zero-order valence-electron chi connectivity index (χ0n) is 26.8. The zero-order valence-corrected chi connectivity index (χ0v) is 27.6. The van der Waals surface area contributed by atoms with Gasteiger partial charge in [-0.1, -0.05) is 109 Å². The molecule has 3 nitrogen and oxygen atoms in total. The van der Waals surface area contributed by atoms with Gasteiger partial charge in [0, 0.05) is 37.3 Å². The van der Waals surface area contributed by atoms with Crippen LogP contribution in [0.5, 0.6) is 0 Å². The number of rotatable bonds is 4. The lowest BCUT2D eigenvalue weighted by atomic mass is 10.0. The molecule has 3 aromatic heterocycles. The van der Waals surface area contributed by atoms with Crippen molar-refractivity contribution in [2.45, 2.75) is 0 Å². The van der Waals surface area contributed by atoms with Crippen LogP contribution in [0.15, 0.2) is 173 Å². The second-order valence-corrected chi connectivity index (χ2v) is 13.9. The van der Waals surface area contributed by atoms with Crippen molar-refractivity contribution < 1.29 is 8.83 Å². The zero-order chi connectivity index (χ0) is 32.8. The molecule has 8 aromatic carbocycles. The Bertz CT molecular complexity index is 3090. The Morgan fingerprint density at radius 1 is 0.420 bits per heavy atom. The number of thiophene rings is 1. The van der Waals surface area contributed by atoms with Crippen molar-refractivity contribution in [3.05, 3.63) is 164 Å². The van der Waals surface area contributed by atoms with Crippen LogP contribution in [-0.2, 0) is 0 Å². The van der Waals surface area contributed by atoms with Crippen molar-refractivity contribution in [2.75, 3.05) is 4.90 Å². The van der Waals surface area contributed by atoms with Crippen LogP contribution < -0.4 is 4.90 Å². The molecule has 4 heteroatoms. The first-order valence-electron chi connectivity index (χ1n) is 16.8. The molecule has 11 aromatic rings. The third-order valence-electron chi connectivity index (χ3n) is 10.0. The number of hydrogen-bond acceptors (Lipinski definition) is 4. The van der Waals surface area contributed by atoms with E-state index in [-0.39, 0.29) is 0 Å². The lowest BCUT2D eigenvalue weighted by molar-refractivity contribution is 0.663. The van der Waals surface area contributed by atoms with E-state index in [4.69, 9.17) is 8.83 Å². The summed E-state index contributed by atoms with van der Waals surface area (Å²) in [5.74, 6) is 0. The number of furan rings is 2. The van der Waals surface area contributed by atoms with E-state index in [1.165, 1.54) is 42.1 Å². The standard InChI is InChI=1S/C46H27NO2S/c1-2-10-28(11-3-1)29-20-22-32(23-21-29)47(39-18-9-16-35-37-26-30-12-4-5-13-31(30)27-42(37)50-46(35)39)38-17-8-15-33-34-24-25-41-43(45(34)49-44(33)38)36-14-6-7-19-40(36)48-41/h1-27H. The Balaban J connectivity index is 1.20. The van der Waals surface area contributed by atoms with Crippen molar-refractivity contribution >= 4 is 103 Å². The van der Waals surface area contributed by atoms with Gasteiger partial charge in [-0.2, -0.15) is 0 Å². The summed E-state index contributed by atoms with van der Waals surface area (Å²) in [6.07, 6.45) is 0. The second kappa shape index (κ2) is 10.6. The molecule has 0 saturated carbocycles. The highest BCUT2D eigenvalue weighted by Gasteiger charge is 2.24. The molecule has 0 aliphatic carbocycles. The van der Waals surface area contributed by atoms with Gasteiger partial charge >= 0.3 is 0 Å². The fraction of sp³-hybridized carbons (Fsp3) is 0. The van der Waals surface area contributed by atoms with Gasteiger partial charge in [-0.05, 0) is 76.5 Å². The van der Waals surface area contributed by atoms with E-state index in [0.29, 0.717) is 0 Å². The second-order valence-electron chi connectivity index (χ2n) is 12.9. The molecule has 234 valence electrons. The van der Waals surface area contributed by atoms with E-state index in [1.807, 2.05) is 23.5 Å². The maximum absolute atomic E-state index is 7.01. The van der Waals surface area contributed by atoms with Crippen molar-refractivity contribution in [3.63, 3.8) is 0 Å². The van der Waals surface area contributed by atoms with E-state index in [2.05, 4.69) is 157 Å². The minimum absolute atomic E-state index is 0.829. The molecule has 0 radical (unpaired) electrons. The van der Waals surface area contributed by atoms with Crippen molar-refractivity contribution in [3.8, 4) is 11.1 Å². The third kappa shape index (κ3) is 4.03. The molecule has 0 saturated heterocycles. The highest BCUT2D eigenvalue weighted by molar-refractivity contribution is 7.26. The fourth-order valence-electron chi connectivity index (χ4n) is 7.71. The predicted molar refractivity (Wildman–Crippen MR) is 212 cm³/mol. The van der Waals surface area contributed by atoms with Crippen LogP contribution in [0.4, 0.5) is 17.1 Å². The monoisotopic (exact) mass is 657 g/mol. The van der Waals surface area contributed by atoms with Crippen LogP contribution in [0.25, 0.3) is 85.9 Å². The maximum Gasteiger partial charge on any atom is 0.159 e. The van der Waals surface area contributed by atoms with Gasteiger partial charge in [0.1, 0.15) is 16.7 Å². The SMILES string of the molecule is c1ccc(-c2ccc(N(c3cccc4c3oc3c4ccc4oc5ccccc5c43)c3cccc4c3sc3cc5ccccc5cc34)cc2)cc1. The molecule has 0 aliphatic rings. The number of anilines is 3. The summed E-state index contributed by atoms with van der Waals surface area (Å²) in [4.78, 5) is 2.38. The topological polar surface area (TPSA) is 29.5 Å². The molecule has 0 bridgehead atoms. The molecule has 0 fully saturated rings. The molecule has 0 aliphatic heterocycles. The van der Waals surface area contributed by atoms with Crippen LogP contribution in [0.2, 0.25) is 0 Å². The quantitative estimate of drug-likeness (QED) is 0.189. The highest BCUT2D eigenvalue weighted by Crippen LogP contribution is 2.49. The Kier molecular flexibility index (Phi) is 5.83. The smallest absolute Gasteiger partial charge is 0.159 e. The lowest BCUT2D eigenvalue weighted by Gasteiger charge is -2.26. The summed E-state index contributed by atoms with van der Waals surface area (Å²) in [5, 5.41) is 9.26. The van der Waals surface area contributed by atoms with Gasteiger partial charge in [0.2, 0.25) is 0 Å². The molecule has 3 heterocycles. The Morgan fingerprint density at radius 3 is 1.96 bits per heavy atom. The third-order valence-corrected chi connectivity index (χ3v) is 11.2. The molecule has 11 rings (SSSR count). The normalized spacial score (nSPS) is 12.0. The molecular formula is C46H27NO2S. The Morgan fingerprint density at radius 2 is 1.10 bits per heavy atom.